The van der Waals surface area contributed by atoms with Crippen LogP contribution < -0.4 is 10.9 Å². The summed E-state index contributed by atoms with van der Waals surface area (Å²) >= 11 is 0. The third-order valence-corrected chi connectivity index (χ3v) is 2.21. The quantitative estimate of drug-likeness (QED) is 0.249. The first-order valence-electron chi connectivity index (χ1n) is 8.09. The number of aromatic nitrogens is 2. The van der Waals surface area contributed by atoms with Gasteiger partial charge in [-0.1, -0.05) is 12.1 Å². The molecule has 16 nitrogen and oxygen atoms in total. The Morgan fingerprint density at radius 3 is 1.30 bits per heavy atom. The Balaban J connectivity index is -0.000000405. The molecule has 2 amide bonds. The molecule has 0 saturated heterocycles. The first-order chi connectivity index (χ1) is 15.0. The van der Waals surface area contributed by atoms with Crippen LogP contribution >= 0.6 is 0 Å². The second-order valence-electron chi connectivity index (χ2n) is 4.81. The van der Waals surface area contributed by atoms with E-state index in [1.54, 1.807) is 24.5 Å². The third kappa shape index (κ3) is 32.4. The molecular weight excluding hydrogens is 496 g/mol. The summed E-state index contributed by atoms with van der Waals surface area (Å²) in [7, 11) is 0. The molecule has 0 aromatic carbocycles. The zero-order chi connectivity index (χ0) is 24.8. The van der Waals surface area contributed by atoms with Gasteiger partial charge in [-0.05, 0) is 24.3 Å². The van der Waals surface area contributed by atoms with Crippen molar-refractivity contribution in [3.05, 3.63) is 90.8 Å². The number of hydrogen-bond donors (Lipinski definition) is 2. The van der Waals surface area contributed by atoms with Gasteiger partial charge in [0.15, 0.2) is 0 Å². The fourth-order valence-electron chi connectivity index (χ4n) is 1.28. The van der Waals surface area contributed by atoms with E-state index in [1.807, 2.05) is 24.3 Å². The predicted molar refractivity (Wildman–Crippen MR) is 112 cm³/mol. The minimum atomic E-state index is -1.75. The Kier molecular flexibility index (Phi) is 22.3. The van der Waals surface area contributed by atoms with Gasteiger partial charge >= 0.3 is 17.1 Å². The Labute approximate surface area is 197 Å². The molecule has 0 bridgehead atoms. The largest absolute Gasteiger partial charge is 2.00 e. The van der Waals surface area contributed by atoms with Gasteiger partial charge < -0.3 is 30.6 Å². The van der Waals surface area contributed by atoms with Crippen LogP contribution in [0.15, 0.2) is 59.0 Å². The van der Waals surface area contributed by atoms with Crippen LogP contribution in [0.25, 0.3) is 0 Å². The molecule has 0 atom stereocenters. The maximum atomic E-state index is 10.4. The number of hydrogen-bond acceptors (Lipinski definition) is 12. The zero-order valence-electron chi connectivity index (χ0n) is 17.0. The number of carbonyl (C=O) groups is 2. The smallest absolute Gasteiger partial charge is 0.356 e. The molecule has 1 radical (unpaired) electrons. The van der Waals surface area contributed by atoms with Crippen LogP contribution in [0.5, 0.6) is 0 Å². The van der Waals surface area contributed by atoms with E-state index in [0.29, 0.717) is 11.4 Å². The van der Waals surface area contributed by atoms with Crippen molar-refractivity contribution in [1.82, 2.24) is 20.8 Å². The molecule has 2 aromatic heterocycles. The van der Waals surface area contributed by atoms with Crippen molar-refractivity contribution in [2.45, 2.75) is 13.8 Å². The van der Waals surface area contributed by atoms with Gasteiger partial charge in [-0.2, -0.15) is 10.2 Å². The number of nitrogens with zero attached hydrogens (tertiary/aromatic N) is 6. The minimum Gasteiger partial charge on any atom is -0.356 e. The molecule has 2 aromatic rings. The molecule has 33 heavy (non-hydrogen) atoms. The number of rotatable bonds is 4. The van der Waals surface area contributed by atoms with Crippen LogP contribution in [0, 0.1) is 30.6 Å². The summed E-state index contributed by atoms with van der Waals surface area (Å²) in [6.45, 7) is 2.80. The van der Waals surface area contributed by atoms with Gasteiger partial charge in [0.2, 0.25) is 11.8 Å². The summed E-state index contributed by atoms with van der Waals surface area (Å²) in [5, 5.41) is 36.8. The van der Waals surface area contributed by atoms with E-state index in [0.717, 1.165) is 0 Å². The van der Waals surface area contributed by atoms with Gasteiger partial charge in [-0.15, -0.1) is 0 Å². The third-order valence-electron chi connectivity index (χ3n) is 2.21. The van der Waals surface area contributed by atoms with Crippen molar-refractivity contribution in [2.75, 3.05) is 0 Å². The second-order valence-corrected chi connectivity index (χ2v) is 4.81. The number of pyridine rings is 2. The standard InChI is InChI=1S/2C8H9N3O.Cu.2NO3/c2*1-7(12)11-10-6-8-4-2-3-5-9-8;;2*2-1(3)4/h2*2-6H,1H3,(H,11,12);;;/q;;+2;2*-1/b2*10-6+;;;. The average molecular weight is 514 g/mol. The molecule has 17 heteroatoms. The van der Waals surface area contributed by atoms with Crippen molar-refractivity contribution in [2.24, 2.45) is 10.2 Å². The number of amides is 2. The van der Waals surface area contributed by atoms with E-state index < -0.39 is 10.2 Å². The Hall–Kier alpha value is -4.50. The van der Waals surface area contributed by atoms with Crippen molar-refractivity contribution < 1.29 is 36.8 Å². The van der Waals surface area contributed by atoms with Gasteiger partial charge in [0.25, 0.3) is 0 Å². The number of carbonyl (C=O) groups excluding carboxylic acids is 2. The number of hydrazone groups is 2. The monoisotopic (exact) mass is 513 g/mol. The molecule has 2 N–H and O–H groups in total. The SMILES string of the molecule is CC(=O)N/N=C/c1ccccn1.CC(=O)N/N=C/c1ccccn1.O=[N+]([O-])[O-].O=[N+]([O-])[O-].[Cu+2]. The van der Waals surface area contributed by atoms with Crippen molar-refractivity contribution in [3.8, 4) is 0 Å². The van der Waals surface area contributed by atoms with E-state index in [1.165, 1.54) is 26.3 Å². The van der Waals surface area contributed by atoms with Crippen LogP contribution in [-0.2, 0) is 26.7 Å². The summed E-state index contributed by atoms with van der Waals surface area (Å²) in [6, 6.07) is 10.9. The molecule has 0 unspecified atom stereocenters. The zero-order valence-corrected chi connectivity index (χ0v) is 18.0. The van der Waals surface area contributed by atoms with E-state index >= 15 is 0 Å². The molecule has 0 aliphatic rings. The Morgan fingerprint density at radius 1 is 0.788 bits per heavy atom. The second kappa shape index (κ2) is 22.2. The molecule has 2 rings (SSSR count). The molecule has 0 spiro atoms. The molecule has 0 saturated carbocycles. The molecule has 0 aliphatic heterocycles. The fraction of sp³-hybridized carbons (Fsp3) is 0.125. The van der Waals surface area contributed by atoms with Gasteiger partial charge in [0, 0.05) is 26.2 Å². The predicted octanol–water partition coefficient (Wildman–Crippen LogP) is 0.623. The van der Waals surface area contributed by atoms with E-state index in [9.17, 15) is 9.59 Å². The number of nitrogens with one attached hydrogen (secondary N) is 2. The summed E-state index contributed by atoms with van der Waals surface area (Å²) in [6.07, 6.45) is 6.30. The maximum Gasteiger partial charge on any atom is 2.00 e. The molecular formula is C16H18CuN8O8. The summed E-state index contributed by atoms with van der Waals surface area (Å²) in [4.78, 5) is 45.2. The average Bonchev–Trinajstić information content (AvgIpc) is 2.69. The minimum absolute atomic E-state index is 0. The van der Waals surface area contributed by atoms with Crippen LogP contribution in [-0.4, -0.2) is 44.4 Å². The normalized spacial score (nSPS) is 8.79. The maximum absolute atomic E-state index is 10.4. The van der Waals surface area contributed by atoms with E-state index in [4.69, 9.17) is 30.6 Å². The van der Waals surface area contributed by atoms with E-state index in [2.05, 4.69) is 31.0 Å². The van der Waals surface area contributed by atoms with Crippen molar-refractivity contribution >= 4 is 24.2 Å². The van der Waals surface area contributed by atoms with Crippen LogP contribution in [0.1, 0.15) is 25.2 Å². The van der Waals surface area contributed by atoms with Crippen molar-refractivity contribution in [1.29, 1.82) is 0 Å². The summed E-state index contributed by atoms with van der Waals surface area (Å²) < 4.78 is 0. The molecule has 0 fully saturated rings. The molecule has 2 heterocycles. The Morgan fingerprint density at radius 2 is 1.09 bits per heavy atom. The van der Waals surface area contributed by atoms with Gasteiger partial charge in [-0.3, -0.25) is 19.6 Å². The van der Waals surface area contributed by atoms with E-state index in [-0.39, 0.29) is 28.9 Å². The molecule has 0 aliphatic carbocycles. The van der Waals surface area contributed by atoms with Crippen LogP contribution in [0.4, 0.5) is 0 Å². The first-order valence-corrected chi connectivity index (χ1v) is 8.09. The van der Waals surface area contributed by atoms with Crippen LogP contribution in [0.3, 0.4) is 0 Å². The first kappa shape index (κ1) is 33.1. The van der Waals surface area contributed by atoms with Gasteiger partial charge in [0.05, 0.1) is 34.0 Å². The Bertz CT molecular complexity index is 803. The summed E-state index contributed by atoms with van der Waals surface area (Å²) in [5.41, 5.74) is 6.00. The fourth-order valence-corrected chi connectivity index (χ4v) is 1.28. The topological polar surface area (TPSA) is 241 Å². The van der Waals surface area contributed by atoms with Crippen LogP contribution in [0.2, 0.25) is 0 Å². The van der Waals surface area contributed by atoms with Gasteiger partial charge in [-0.25, -0.2) is 10.9 Å². The summed E-state index contributed by atoms with van der Waals surface area (Å²) in [5.74, 6) is -0.385. The van der Waals surface area contributed by atoms with Gasteiger partial charge in [0.1, 0.15) is 0 Å². The molecule has 181 valence electrons. The van der Waals surface area contributed by atoms with Crippen molar-refractivity contribution in [3.63, 3.8) is 0 Å².